The van der Waals surface area contributed by atoms with Gasteiger partial charge in [0.1, 0.15) is 0 Å². The lowest BCUT2D eigenvalue weighted by Gasteiger charge is -2.28. The molecule has 12 aromatic carbocycles. The van der Waals surface area contributed by atoms with E-state index in [2.05, 4.69) is 287 Å². The van der Waals surface area contributed by atoms with Crippen LogP contribution in [0.5, 0.6) is 0 Å². The van der Waals surface area contributed by atoms with Gasteiger partial charge in [-0.3, -0.25) is 0 Å². The van der Waals surface area contributed by atoms with Crippen molar-refractivity contribution in [3.05, 3.63) is 231 Å². The molecule has 0 saturated heterocycles. The maximum absolute atomic E-state index is 2.52. The highest BCUT2D eigenvalue weighted by Crippen LogP contribution is 2.52. The molecule has 5 aromatic heterocycles. The summed E-state index contributed by atoms with van der Waals surface area (Å²) < 4.78 is 11.8. The molecule has 0 amide bonds. The largest absolute Gasteiger partial charge is 0.344 e. The van der Waals surface area contributed by atoms with Crippen molar-refractivity contribution in [1.29, 1.82) is 0 Å². The summed E-state index contributed by atoms with van der Waals surface area (Å²) in [6.07, 6.45) is 0. The Balaban J connectivity index is 0.00000531. The number of hydrogen-bond acceptors (Lipinski definition) is 3. The second-order valence-corrected chi connectivity index (χ2v) is 22.6. The van der Waals surface area contributed by atoms with E-state index in [1.54, 1.807) is 0 Å². The number of fused-ring (bicyclic) bond motifs is 19. The minimum atomic E-state index is 0. The molecule has 6 nitrogen and oxygen atoms in total. The summed E-state index contributed by atoms with van der Waals surface area (Å²) in [7, 11) is 8.73. The van der Waals surface area contributed by atoms with Crippen LogP contribution in [0.2, 0.25) is 0 Å². The molecule has 17 aromatic rings. The molecular weight excluding hydrogens is 981 g/mol. The van der Waals surface area contributed by atoms with Gasteiger partial charge in [0.05, 0.1) is 11.4 Å². The molecule has 0 aliphatic heterocycles. The van der Waals surface area contributed by atoms with Crippen LogP contribution in [-0.4, -0.2) is 18.3 Å². The third kappa shape index (κ3) is 6.16. The fraction of sp³-hybridized carbons (Fsp3) is 0.0556. The maximum atomic E-state index is 2.52. The molecule has 0 unspecified atom stereocenters. The number of benzene rings is 12. The van der Waals surface area contributed by atoms with Gasteiger partial charge in [0.15, 0.2) is 0 Å². The van der Waals surface area contributed by atoms with E-state index >= 15 is 0 Å². The number of hydrogen-bond donors (Lipinski definition) is 0. The fourth-order valence-corrected chi connectivity index (χ4v) is 15.1. The standard InChI is InChI=1S/C72H50N6S.H2/c1-73-59-25-13-9-19-49(59)55-37-43(29-33-63(55)73)77(44-30-34-64-56(38-44)50-20-10-14-26-60(50)74(64)2)67-41-69-71(53-23-7-5-17-47(53)67)72-54-24-8-6-18-48(54)68(42-70(72)79-69)78(45-31-35-65-57(39-45)51-21-11-15-27-61(51)75(65)3)46-32-36-66-58(40-46)52-22-12-16-28-62(52)76(66)4;/h5-42H,1-4H3;1H. The Morgan fingerprint density at radius 1 is 0.253 bits per heavy atom. The van der Waals surface area contributed by atoms with Crippen LogP contribution in [0.25, 0.3) is 129 Å². The Morgan fingerprint density at radius 2 is 0.494 bits per heavy atom. The highest BCUT2D eigenvalue weighted by Gasteiger charge is 2.26. The van der Waals surface area contributed by atoms with Crippen LogP contribution in [0, 0.1) is 0 Å². The zero-order chi connectivity index (χ0) is 52.4. The predicted molar refractivity (Wildman–Crippen MR) is 342 cm³/mol. The maximum Gasteiger partial charge on any atom is 0.0554 e. The molecule has 0 N–H and O–H groups in total. The van der Waals surface area contributed by atoms with Crippen LogP contribution < -0.4 is 9.80 Å². The summed E-state index contributed by atoms with van der Waals surface area (Å²) in [5.41, 5.74) is 16.5. The van der Waals surface area contributed by atoms with Crippen molar-refractivity contribution in [3.63, 3.8) is 0 Å². The highest BCUT2D eigenvalue weighted by molar-refractivity contribution is 7.26. The van der Waals surface area contributed by atoms with Gasteiger partial charge in [-0.1, -0.05) is 121 Å². The number of aryl methyl sites for hydroxylation is 4. The van der Waals surface area contributed by atoms with E-state index in [-0.39, 0.29) is 1.43 Å². The minimum absolute atomic E-state index is 0. The van der Waals surface area contributed by atoms with Crippen molar-refractivity contribution in [1.82, 2.24) is 18.3 Å². The first-order valence-corrected chi connectivity index (χ1v) is 28.0. The Labute approximate surface area is 460 Å². The van der Waals surface area contributed by atoms with E-state index in [9.17, 15) is 0 Å². The molecule has 79 heavy (non-hydrogen) atoms. The average Bonchev–Trinajstić information content (AvgIpc) is 4.44. The SMILES string of the molecule is Cn1c2ccccc2c2cc(N(c3ccc4c(c3)c3ccccc3n4C)c3cc4sc5cc(N(c6ccc7c(c6)c6ccccc6n7C)c6ccc7c(c6)c6ccccc6n7C)c6ccccc6c5c4c4ccccc34)ccc21.[HH]. The first-order valence-electron chi connectivity index (χ1n) is 27.1. The van der Waals surface area contributed by atoms with E-state index in [0.29, 0.717) is 0 Å². The van der Waals surface area contributed by atoms with Crippen LogP contribution in [0.1, 0.15) is 1.43 Å². The van der Waals surface area contributed by atoms with Crippen molar-refractivity contribution in [2.24, 2.45) is 28.2 Å². The summed E-state index contributed by atoms with van der Waals surface area (Å²) in [4.78, 5) is 5.04. The minimum Gasteiger partial charge on any atom is -0.344 e. The Kier molecular flexibility index (Phi) is 9.17. The van der Waals surface area contributed by atoms with Gasteiger partial charge in [0.25, 0.3) is 0 Å². The monoisotopic (exact) mass is 1030 g/mol. The summed E-state index contributed by atoms with van der Waals surface area (Å²) >= 11 is 1.90. The molecule has 0 radical (unpaired) electrons. The second-order valence-electron chi connectivity index (χ2n) is 21.5. The van der Waals surface area contributed by atoms with Gasteiger partial charge >= 0.3 is 0 Å². The van der Waals surface area contributed by atoms with Gasteiger partial charge in [-0.05, 0) is 120 Å². The molecule has 0 aliphatic carbocycles. The Morgan fingerprint density at radius 3 is 0.785 bits per heavy atom. The van der Waals surface area contributed by atoms with E-state index in [1.807, 2.05) is 11.3 Å². The van der Waals surface area contributed by atoms with Crippen LogP contribution >= 0.6 is 11.3 Å². The normalized spacial score (nSPS) is 12.3. The molecule has 17 rings (SSSR count). The topological polar surface area (TPSA) is 26.2 Å². The van der Waals surface area contributed by atoms with Crippen molar-refractivity contribution >= 4 is 174 Å². The van der Waals surface area contributed by atoms with Crippen molar-refractivity contribution < 1.29 is 1.43 Å². The van der Waals surface area contributed by atoms with Crippen molar-refractivity contribution in [2.45, 2.75) is 0 Å². The van der Waals surface area contributed by atoms with Crippen LogP contribution in [0.15, 0.2) is 231 Å². The van der Waals surface area contributed by atoms with Gasteiger partial charge in [0.2, 0.25) is 0 Å². The molecule has 0 fully saturated rings. The molecular formula is C72H52N6S. The third-order valence-electron chi connectivity index (χ3n) is 17.5. The fourth-order valence-electron chi connectivity index (χ4n) is 13.9. The number of anilines is 6. The lowest BCUT2D eigenvalue weighted by Crippen LogP contribution is -2.11. The Hall–Kier alpha value is -9.82. The zero-order valence-electron chi connectivity index (χ0n) is 44.0. The van der Waals surface area contributed by atoms with E-state index in [0.717, 1.165) is 34.1 Å². The van der Waals surface area contributed by atoms with Crippen LogP contribution in [0.3, 0.4) is 0 Å². The predicted octanol–water partition coefficient (Wildman–Crippen LogP) is 20.1. The molecule has 0 bridgehead atoms. The number of para-hydroxylation sites is 4. The molecule has 0 aliphatic rings. The van der Waals surface area contributed by atoms with Gasteiger partial charge in [-0.15, -0.1) is 11.3 Å². The number of aromatic nitrogens is 4. The molecule has 0 spiro atoms. The van der Waals surface area contributed by atoms with Crippen LogP contribution in [0.4, 0.5) is 34.1 Å². The van der Waals surface area contributed by atoms with Gasteiger partial charge in [0, 0.05) is 171 Å². The molecule has 5 heterocycles. The third-order valence-corrected chi connectivity index (χ3v) is 18.6. The van der Waals surface area contributed by atoms with Gasteiger partial charge in [-0.25, -0.2) is 0 Å². The number of rotatable bonds is 6. The van der Waals surface area contributed by atoms with E-state index in [1.165, 1.54) is 129 Å². The summed E-state index contributed by atoms with van der Waals surface area (Å²) in [5, 5.41) is 17.4. The average molecular weight is 1030 g/mol. The number of nitrogens with zero attached hydrogens (tertiary/aromatic N) is 6. The van der Waals surface area contributed by atoms with E-state index in [4.69, 9.17) is 0 Å². The van der Waals surface area contributed by atoms with Crippen molar-refractivity contribution in [2.75, 3.05) is 9.80 Å². The Bertz CT molecular complexity index is 4900. The summed E-state index contributed by atoms with van der Waals surface area (Å²) in [5.74, 6) is 0. The van der Waals surface area contributed by atoms with Gasteiger partial charge in [-0.2, -0.15) is 0 Å². The highest BCUT2D eigenvalue weighted by atomic mass is 32.1. The van der Waals surface area contributed by atoms with E-state index < -0.39 is 0 Å². The smallest absolute Gasteiger partial charge is 0.0554 e. The van der Waals surface area contributed by atoms with Gasteiger partial charge < -0.3 is 28.1 Å². The lowest BCUT2D eigenvalue weighted by atomic mass is 9.96. The summed E-state index contributed by atoms with van der Waals surface area (Å²) in [6.45, 7) is 0. The first kappa shape index (κ1) is 44.3. The number of thiophene rings is 1. The zero-order valence-corrected chi connectivity index (χ0v) is 44.8. The quantitative estimate of drug-likeness (QED) is 0.166. The van der Waals surface area contributed by atoms with Crippen LogP contribution in [-0.2, 0) is 28.2 Å². The first-order chi connectivity index (χ1) is 38.9. The molecule has 0 atom stereocenters. The molecule has 376 valence electrons. The lowest BCUT2D eigenvalue weighted by molar-refractivity contribution is 1.01. The summed E-state index contributed by atoms with van der Waals surface area (Å²) in [6, 6.07) is 86.5. The van der Waals surface area contributed by atoms with Crippen molar-refractivity contribution in [3.8, 4) is 0 Å². The molecule has 7 heteroatoms. The molecule has 0 saturated carbocycles. The second kappa shape index (κ2) is 16.4.